The van der Waals surface area contributed by atoms with E-state index in [1.807, 2.05) is 0 Å². The Morgan fingerprint density at radius 3 is 2.26 bits per heavy atom. The van der Waals surface area contributed by atoms with Crippen molar-refractivity contribution in [3.8, 4) is 5.75 Å². The lowest BCUT2D eigenvalue weighted by molar-refractivity contribution is -0.385. The maximum atomic E-state index is 12.7. The van der Waals surface area contributed by atoms with Crippen molar-refractivity contribution in [3.05, 3.63) is 69.3 Å². The maximum absolute atomic E-state index is 12.7. The Hall–Kier alpha value is -2.69. The average Bonchev–Trinajstić information content (AvgIpc) is 2.68. The molecule has 5 heteroatoms. The SMILES string of the molecule is CCCCCCCCCc1cc(C(=O)c2ccccc2)c(O)c([N+](=O)[O-])c1. The monoisotopic (exact) mass is 369 g/mol. The van der Waals surface area contributed by atoms with E-state index in [4.69, 9.17) is 0 Å². The number of aryl methyl sites for hydroxylation is 1. The summed E-state index contributed by atoms with van der Waals surface area (Å²) < 4.78 is 0. The molecule has 2 aromatic rings. The quantitative estimate of drug-likeness (QED) is 0.234. The molecule has 0 saturated carbocycles. The van der Waals surface area contributed by atoms with Crippen molar-refractivity contribution in [2.45, 2.75) is 58.3 Å². The standard InChI is InChI=1S/C22H27NO4/c1-2-3-4-5-6-7-9-12-17-15-19(22(25)20(16-17)23(26)27)21(24)18-13-10-8-11-14-18/h8,10-11,13-16,25H,2-7,9,12H2,1H3. The number of phenols is 1. The van der Waals surface area contributed by atoms with Gasteiger partial charge in [-0.3, -0.25) is 14.9 Å². The molecule has 0 fully saturated rings. The second-order valence-electron chi connectivity index (χ2n) is 6.83. The average molecular weight is 369 g/mol. The molecule has 0 heterocycles. The van der Waals surface area contributed by atoms with Crippen LogP contribution in [0.5, 0.6) is 5.75 Å². The third-order valence-electron chi connectivity index (χ3n) is 4.70. The molecule has 0 amide bonds. The van der Waals surface area contributed by atoms with Crippen LogP contribution in [0.3, 0.4) is 0 Å². The molecular formula is C22H27NO4. The number of aromatic hydroxyl groups is 1. The zero-order chi connectivity index (χ0) is 19.6. The van der Waals surface area contributed by atoms with Gasteiger partial charge in [0.2, 0.25) is 5.75 Å². The van der Waals surface area contributed by atoms with Crippen molar-refractivity contribution in [1.82, 2.24) is 0 Å². The number of carbonyl (C=O) groups is 1. The van der Waals surface area contributed by atoms with Gasteiger partial charge in [-0.1, -0.05) is 75.8 Å². The highest BCUT2D eigenvalue weighted by Crippen LogP contribution is 2.33. The minimum atomic E-state index is -0.634. The summed E-state index contributed by atoms with van der Waals surface area (Å²) in [5, 5.41) is 21.5. The first-order valence-corrected chi connectivity index (χ1v) is 9.64. The molecular weight excluding hydrogens is 342 g/mol. The Morgan fingerprint density at radius 1 is 1.00 bits per heavy atom. The van der Waals surface area contributed by atoms with Crippen LogP contribution in [0, 0.1) is 10.1 Å². The van der Waals surface area contributed by atoms with Crippen molar-refractivity contribution in [1.29, 1.82) is 0 Å². The number of hydrogen-bond acceptors (Lipinski definition) is 4. The summed E-state index contributed by atoms with van der Waals surface area (Å²) in [6.07, 6.45) is 8.70. The number of nitro benzene ring substituents is 1. The van der Waals surface area contributed by atoms with E-state index in [1.165, 1.54) is 31.7 Å². The summed E-state index contributed by atoms with van der Waals surface area (Å²) in [6, 6.07) is 11.5. The first kappa shape index (κ1) is 20.6. The van der Waals surface area contributed by atoms with Crippen LogP contribution in [0.25, 0.3) is 0 Å². The number of carbonyl (C=O) groups excluding carboxylic acids is 1. The number of nitrogens with zero attached hydrogens (tertiary/aromatic N) is 1. The molecule has 0 aliphatic carbocycles. The molecule has 0 aromatic heterocycles. The Morgan fingerprint density at radius 2 is 1.63 bits per heavy atom. The van der Waals surface area contributed by atoms with Crippen LogP contribution in [-0.4, -0.2) is 15.8 Å². The highest BCUT2D eigenvalue weighted by atomic mass is 16.6. The molecule has 0 aliphatic heterocycles. The van der Waals surface area contributed by atoms with Crippen LogP contribution < -0.4 is 0 Å². The largest absolute Gasteiger partial charge is 0.502 e. The maximum Gasteiger partial charge on any atom is 0.311 e. The summed E-state index contributed by atoms with van der Waals surface area (Å²) >= 11 is 0. The van der Waals surface area contributed by atoms with Gasteiger partial charge in [-0.05, 0) is 24.5 Å². The topological polar surface area (TPSA) is 80.4 Å². The fourth-order valence-corrected chi connectivity index (χ4v) is 3.17. The van der Waals surface area contributed by atoms with Gasteiger partial charge in [-0.2, -0.15) is 0 Å². The Bertz CT molecular complexity index is 771. The summed E-state index contributed by atoms with van der Waals surface area (Å²) in [7, 11) is 0. The van der Waals surface area contributed by atoms with Gasteiger partial charge in [0.05, 0.1) is 10.5 Å². The predicted octanol–water partition coefficient (Wildman–Crippen LogP) is 5.82. The lowest BCUT2D eigenvalue weighted by atomic mass is 9.96. The fraction of sp³-hybridized carbons (Fsp3) is 0.409. The molecule has 0 radical (unpaired) electrons. The van der Waals surface area contributed by atoms with Crippen LogP contribution in [-0.2, 0) is 6.42 Å². The van der Waals surface area contributed by atoms with E-state index in [1.54, 1.807) is 36.4 Å². The second-order valence-corrected chi connectivity index (χ2v) is 6.83. The molecule has 2 rings (SSSR count). The minimum Gasteiger partial charge on any atom is -0.502 e. The number of ketones is 1. The first-order chi connectivity index (χ1) is 13.0. The molecule has 27 heavy (non-hydrogen) atoms. The molecule has 0 spiro atoms. The van der Waals surface area contributed by atoms with Crippen LogP contribution in [0.1, 0.15) is 73.4 Å². The van der Waals surface area contributed by atoms with Crippen molar-refractivity contribution < 1.29 is 14.8 Å². The van der Waals surface area contributed by atoms with Gasteiger partial charge in [0, 0.05) is 11.6 Å². The Balaban J connectivity index is 2.13. The zero-order valence-electron chi connectivity index (χ0n) is 15.8. The predicted molar refractivity (Wildman–Crippen MR) is 106 cm³/mol. The minimum absolute atomic E-state index is 0.00616. The van der Waals surface area contributed by atoms with E-state index in [0.29, 0.717) is 17.5 Å². The summed E-state index contributed by atoms with van der Waals surface area (Å²) in [4.78, 5) is 23.4. The van der Waals surface area contributed by atoms with Crippen LogP contribution in [0.4, 0.5) is 5.69 Å². The number of nitro groups is 1. The summed E-state index contributed by atoms with van der Waals surface area (Å²) in [5.74, 6) is -0.963. The smallest absolute Gasteiger partial charge is 0.311 e. The summed E-state index contributed by atoms with van der Waals surface area (Å²) in [5.41, 5.74) is 0.700. The lowest BCUT2D eigenvalue weighted by Crippen LogP contribution is -2.05. The molecule has 5 nitrogen and oxygen atoms in total. The van der Waals surface area contributed by atoms with E-state index in [2.05, 4.69) is 6.92 Å². The van der Waals surface area contributed by atoms with E-state index >= 15 is 0 Å². The molecule has 0 atom stereocenters. The number of benzene rings is 2. The molecule has 0 bridgehead atoms. The van der Waals surface area contributed by atoms with Crippen molar-refractivity contribution in [3.63, 3.8) is 0 Å². The lowest BCUT2D eigenvalue weighted by Gasteiger charge is -2.09. The fourth-order valence-electron chi connectivity index (χ4n) is 3.17. The van der Waals surface area contributed by atoms with Crippen molar-refractivity contribution >= 4 is 11.5 Å². The van der Waals surface area contributed by atoms with Gasteiger partial charge in [-0.25, -0.2) is 0 Å². The number of hydrogen-bond donors (Lipinski definition) is 1. The molecule has 0 aliphatic rings. The third kappa shape index (κ3) is 5.91. The summed E-state index contributed by atoms with van der Waals surface area (Å²) in [6.45, 7) is 2.19. The van der Waals surface area contributed by atoms with E-state index in [9.17, 15) is 20.0 Å². The Labute approximate surface area is 160 Å². The first-order valence-electron chi connectivity index (χ1n) is 9.64. The van der Waals surface area contributed by atoms with Gasteiger partial charge >= 0.3 is 5.69 Å². The van der Waals surface area contributed by atoms with Gasteiger partial charge in [-0.15, -0.1) is 0 Å². The van der Waals surface area contributed by atoms with Crippen LogP contribution in [0.15, 0.2) is 42.5 Å². The molecule has 2 aromatic carbocycles. The highest BCUT2D eigenvalue weighted by molar-refractivity contribution is 6.11. The Kier molecular flexibility index (Phi) is 7.99. The van der Waals surface area contributed by atoms with Crippen LogP contribution >= 0.6 is 0 Å². The number of unbranched alkanes of at least 4 members (excludes halogenated alkanes) is 6. The van der Waals surface area contributed by atoms with Gasteiger partial charge < -0.3 is 5.11 Å². The molecule has 1 N–H and O–H groups in total. The molecule has 144 valence electrons. The third-order valence-corrected chi connectivity index (χ3v) is 4.70. The van der Waals surface area contributed by atoms with E-state index in [0.717, 1.165) is 19.3 Å². The van der Waals surface area contributed by atoms with Crippen molar-refractivity contribution in [2.24, 2.45) is 0 Å². The zero-order valence-corrected chi connectivity index (χ0v) is 15.8. The highest BCUT2D eigenvalue weighted by Gasteiger charge is 2.23. The van der Waals surface area contributed by atoms with Crippen molar-refractivity contribution in [2.75, 3.05) is 0 Å². The van der Waals surface area contributed by atoms with Gasteiger partial charge in [0.1, 0.15) is 0 Å². The van der Waals surface area contributed by atoms with E-state index < -0.39 is 22.1 Å². The van der Waals surface area contributed by atoms with Crippen LogP contribution in [0.2, 0.25) is 0 Å². The molecule has 0 saturated heterocycles. The number of rotatable bonds is 11. The normalized spacial score (nSPS) is 10.7. The number of phenolic OH excluding ortho intramolecular Hbond substituents is 1. The van der Waals surface area contributed by atoms with Gasteiger partial charge in [0.25, 0.3) is 0 Å². The molecule has 0 unspecified atom stereocenters. The van der Waals surface area contributed by atoms with Gasteiger partial charge in [0.15, 0.2) is 5.78 Å². The second kappa shape index (κ2) is 10.5. The van der Waals surface area contributed by atoms with E-state index in [-0.39, 0.29) is 5.56 Å².